The molecule has 2 atom stereocenters. The fourth-order valence-electron chi connectivity index (χ4n) is 4.40. The Bertz CT molecular complexity index is 1410. The normalized spacial score (nSPS) is 29.1. The highest BCUT2D eigenvalue weighted by Crippen LogP contribution is 2.81. The number of amides is 1. The zero-order valence-corrected chi connectivity index (χ0v) is 20.0. The predicted octanol–water partition coefficient (Wildman–Crippen LogP) is 3.21. The van der Waals surface area contributed by atoms with Crippen LogP contribution in [0.15, 0.2) is 36.5 Å². The quantitative estimate of drug-likeness (QED) is 0.459. The number of carbonyl (C=O) groups is 1. The fraction of sp³-hybridized carbons (Fsp3) is 0.381. The first-order valence-electron chi connectivity index (χ1n) is 11.2. The largest absolute Gasteiger partial charge is 0.486 e. The van der Waals surface area contributed by atoms with Crippen LogP contribution in [0, 0.1) is 5.82 Å². The molecule has 0 unspecified atom stereocenters. The molecule has 4 aliphatic rings. The third-order valence-electron chi connectivity index (χ3n) is 6.09. The van der Waals surface area contributed by atoms with Crippen molar-refractivity contribution in [3.05, 3.63) is 42.3 Å². The number of phosphoric acid groups is 1. The van der Waals surface area contributed by atoms with Crippen LogP contribution in [-0.4, -0.2) is 54.2 Å². The van der Waals surface area contributed by atoms with Crippen LogP contribution >= 0.6 is 7.82 Å². The average molecular weight is 518 g/mol. The van der Waals surface area contributed by atoms with Gasteiger partial charge in [0.05, 0.1) is 12.2 Å². The average Bonchev–Trinajstić information content (AvgIpc) is 3.52. The molecule has 2 aromatic heterocycles. The van der Waals surface area contributed by atoms with Crippen molar-refractivity contribution in [2.24, 2.45) is 0 Å². The van der Waals surface area contributed by atoms with Crippen LogP contribution in [0.4, 0.5) is 14.9 Å². The number of aromatic nitrogens is 5. The number of carbonyl (C=O) groups excluding carboxylic acids is 1. The summed E-state index contributed by atoms with van der Waals surface area (Å²) in [6.07, 6.45) is -0.0142. The molecule has 7 rings (SSSR count). The van der Waals surface area contributed by atoms with Gasteiger partial charge in [0.15, 0.2) is 0 Å². The van der Waals surface area contributed by atoms with Gasteiger partial charge in [-0.3, -0.25) is 4.98 Å². The third kappa shape index (κ3) is 3.09. The summed E-state index contributed by atoms with van der Waals surface area (Å²) in [5.74, 6) is -4.62. The number of hydrogen-bond acceptors (Lipinski definition) is 11. The molecule has 188 valence electrons. The van der Waals surface area contributed by atoms with Crippen LogP contribution in [-0.2, 0) is 29.4 Å². The second-order valence-corrected chi connectivity index (χ2v) is 9.85. The number of pyridine rings is 1. The number of ether oxygens (including phenoxy) is 1. The van der Waals surface area contributed by atoms with E-state index >= 15 is 4.39 Å². The molecule has 4 aliphatic heterocycles. The van der Waals surface area contributed by atoms with E-state index in [2.05, 4.69) is 20.4 Å². The van der Waals surface area contributed by atoms with E-state index in [-0.39, 0.29) is 17.7 Å². The maximum absolute atomic E-state index is 15.2. The lowest BCUT2D eigenvalue weighted by molar-refractivity contribution is -0.281. The van der Waals surface area contributed by atoms with E-state index in [1.54, 1.807) is 19.1 Å². The summed E-state index contributed by atoms with van der Waals surface area (Å²) in [7, 11) is -4.00. The van der Waals surface area contributed by atoms with Crippen molar-refractivity contribution in [1.82, 2.24) is 25.2 Å². The van der Waals surface area contributed by atoms with Crippen molar-refractivity contribution < 1.29 is 37.2 Å². The zero-order chi connectivity index (χ0) is 25.3. The first kappa shape index (κ1) is 23.1. The van der Waals surface area contributed by atoms with Gasteiger partial charge in [0, 0.05) is 17.3 Å². The Kier molecular flexibility index (Phi) is 5.05. The van der Waals surface area contributed by atoms with E-state index in [0.717, 1.165) is 17.4 Å². The highest BCUT2D eigenvalue weighted by atomic mass is 31.2. The first-order valence-corrected chi connectivity index (χ1v) is 12.7. The van der Waals surface area contributed by atoms with Gasteiger partial charge in [-0.15, -0.1) is 10.2 Å². The maximum Gasteiger partial charge on any atom is 0.486 e. The van der Waals surface area contributed by atoms with Crippen molar-refractivity contribution in [3.63, 3.8) is 0 Å². The molecule has 4 saturated heterocycles. The highest BCUT2D eigenvalue weighted by Gasteiger charge is 2.91. The summed E-state index contributed by atoms with van der Waals surface area (Å²) in [5.41, 5.74) is 1.14. The van der Waals surface area contributed by atoms with Gasteiger partial charge >= 0.3 is 25.6 Å². The van der Waals surface area contributed by atoms with Crippen molar-refractivity contribution in [3.8, 4) is 22.6 Å². The number of aryl methyl sites for hydroxylation is 1. The topological polar surface area (TPSA) is 151 Å². The van der Waals surface area contributed by atoms with Crippen LogP contribution in [0.25, 0.3) is 22.6 Å². The summed E-state index contributed by atoms with van der Waals surface area (Å²) in [6.45, 7) is 4.24. The second kappa shape index (κ2) is 7.85. The standard InChI is InChI=1S/C21H20FN6O7P/c1-3-9-27-25-18(24-26-27)16-8-5-12(11-23-16)14-7-6-13(10-15(14)22)28-19(30)32-20(17(29)4-2)21(28)34-36(31,33-20)35-21/h5-8,10-11,17,29H,3-4,9H2,1-2H3/t17-,20-,21?,36?/m1/s1. The molecule has 3 aromatic rings. The Labute approximate surface area is 203 Å². The summed E-state index contributed by atoms with van der Waals surface area (Å²) < 4.78 is 48.8. The van der Waals surface area contributed by atoms with Gasteiger partial charge in [0.1, 0.15) is 17.6 Å². The molecule has 0 saturated carbocycles. The minimum Gasteiger partial charge on any atom is -0.405 e. The number of aliphatic hydroxyl groups excluding tert-OH is 1. The molecule has 6 heterocycles. The van der Waals surface area contributed by atoms with E-state index in [1.807, 2.05) is 6.92 Å². The van der Waals surface area contributed by atoms with Crippen LogP contribution in [0.3, 0.4) is 0 Å². The lowest BCUT2D eigenvalue weighted by Gasteiger charge is -2.39. The lowest BCUT2D eigenvalue weighted by atomic mass is 10.0. The molecule has 1 N–H and O–H groups in total. The number of nitrogens with zero attached hydrogens (tertiary/aromatic N) is 6. The van der Waals surface area contributed by atoms with Crippen molar-refractivity contribution in [2.75, 3.05) is 4.90 Å². The molecule has 0 aliphatic carbocycles. The summed E-state index contributed by atoms with van der Waals surface area (Å²) in [4.78, 5) is 19.4. The number of tetrazole rings is 1. The van der Waals surface area contributed by atoms with Gasteiger partial charge < -0.3 is 9.84 Å². The molecule has 13 nitrogen and oxygen atoms in total. The lowest BCUT2D eigenvalue weighted by Crippen LogP contribution is -2.63. The highest BCUT2D eigenvalue weighted by molar-refractivity contribution is 7.50. The smallest absolute Gasteiger partial charge is 0.405 e. The van der Waals surface area contributed by atoms with Gasteiger partial charge in [-0.1, -0.05) is 19.9 Å². The van der Waals surface area contributed by atoms with E-state index < -0.39 is 37.5 Å². The molecule has 0 radical (unpaired) electrons. The minimum absolute atomic E-state index is 0.00973. The minimum atomic E-state index is -4.00. The second-order valence-electron chi connectivity index (χ2n) is 8.40. The first-order chi connectivity index (χ1) is 17.2. The van der Waals surface area contributed by atoms with Gasteiger partial charge in [-0.2, -0.15) is 4.80 Å². The molecule has 36 heavy (non-hydrogen) atoms. The van der Waals surface area contributed by atoms with Crippen LogP contribution in [0.1, 0.15) is 26.7 Å². The maximum atomic E-state index is 15.2. The molecule has 1 amide bonds. The SMILES string of the molecule is CCCn1nnc(-c2ccc(-c3ccc(N4C(=O)O[C@]5([C@H](O)CC)OP6(=O)OC45O6)cc3F)cn2)n1. The van der Waals surface area contributed by atoms with Crippen LogP contribution < -0.4 is 4.90 Å². The number of halogens is 1. The van der Waals surface area contributed by atoms with Crippen molar-refractivity contribution in [2.45, 2.75) is 51.0 Å². The molecule has 1 aromatic carbocycles. The van der Waals surface area contributed by atoms with E-state index in [1.165, 1.54) is 23.1 Å². The van der Waals surface area contributed by atoms with Crippen molar-refractivity contribution >= 4 is 19.6 Å². The van der Waals surface area contributed by atoms with E-state index in [4.69, 9.17) is 18.3 Å². The Balaban J connectivity index is 1.30. The Morgan fingerprint density at radius 1 is 1.19 bits per heavy atom. The Morgan fingerprint density at radius 2 is 2.00 bits per heavy atom. The van der Waals surface area contributed by atoms with Gasteiger partial charge in [-0.05, 0) is 42.3 Å². The number of anilines is 1. The number of hydrogen-bond donors (Lipinski definition) is 1. The third-order valence-corrected chi connectivity index (χ3v) is 7.53. The van der Waals surface area contributed by atoms with Gasteiger partial charge in [0.2, 0.25) is 5.82 Å². The van der Waals surface area contributed by atoms with Gasteiger partial charge in [-0.25, -0.2) is 32.2 Å². The molecule has 2 bridgehead atoms. The number of rotatable bonds is 7. The predicted molar refractivity (Wildman–Crippen MR) is 118 cm³/mol. The summed E-state index contributed by atoms with van der Waals surface area (Å²) >= 11 is 0. The molecule has 15 heteroatoms. The zero-order valence-electron chi connectivity index (χ0n) is 19.1. The van der Waals surface area contributed by atoms with Crippen molar-refractivity contribution in [1.29, 1.82) is 0 Å². The fourth-order valence-corrected chi connectivity index (χ4v) is 6.12. The van der Waals surface area contributed by atoms with Crippen LogP contribution in [0.2, 0.25) is 0 Å². The molecular formula is C21H20FN6O7P. The number of phosphoric ester groups is 1. The number of benzene rings is 1. The molecule has 4 fully saturated rings. The molecular weight excluding hydrogens is 498 g/mol. The monoisotopic (exact) mass is 518 g/mol. The van der Waals surface area contributed by atoms with E-state index in [9.17, 15) is 14.5 Å². The van der Waals surface area contributed by atoms with Crippen LogP contribution in [0.5, 0.6) is 0 Å². The summed E-state index contributed by atoms with van der Waals surface area (Å²) in [5, 5.41) is 22.7. The summed E-state index contributed by atoms with van der Waals surface area (Å²) in [6, 6.07) is 7.25. The Morgan fingerprint density at radius 3 is 2.67 bits per heavy atom. The molecule has 1 spiro atoms. The Hall–Kier alpha value is -3.29. The van der Waals surface area contributed by atoms with Gasteiger partial charge in [0.25, 0.3) is 0 Å². The van der Waals surface area contributed by atoms with E-state index in [0.29, 0.717) is 23.6 Å². The number of aliphatic hydroxyl groups is 1.